The van der Waals surface area contributed by atoms with Crippen LogP contribution in [0.3, 0.4) is 0 Å². The highest BCUT2D eigenvalue weighted by molar-refractivity contribution is 5.79. The number of carbonyl (C=O) groups is 2. The van der Waals surface area contributed by atoms with Gasteiger partial charge in [0.1, 0.15) is 12.5 Å². The fourth-order valence-electron chi connectivity index (χ4n) is 4.95. The van der Waals surface area contributed by atoms with Gasteiger partial charge in [0.25, 0.3) is 0 Å². The summed E-state index contributed by atoms with van der Waals surface area (Å²) in [5.41, 5.74) is 4.62. The normalized spacial score (nSPS) is 27.3. The number of benzene rings is 2. The van der Waals surface area contributed by atoms with Crippen LogP contribution in [0.4, 0.5) is 4.79 Å². The standard InChI is InChI=1S/C22H21NO5/c24-21(25)19-17-9-10-18(28-17)20(19)23-22(26)27-11-16-14-7-3-1-5-12(14)13-6-2-4-8-15(13)16/h1-8,16-20H,9-11H2,(H,23,26)(H,24,25)/t17-,18+,19-,20+/m0/s1. The zero-order valence-electron chi connectivity index (χ0n) is 15.2. The van der Waals surface area contributed by atoms with E-state index in [-0.39, 0.29) is 24.7 Å². The Morgan fingerprint density at radius 2 is 1.61 bits per heavy atom. The van der Waals surface area contributed by atoms with Crippen molar-refractivity contribution in [1.82, 2.24) is 5.32 Å². The average Bonchev–Trinajstić information content (AvgIpc) is 3.38. The SMILES string of the molecule is O=C(N[C@H]1[C@@H](C(=O)O)[C@@H]2CC[C@H]1O2)OCC1c2ccccc2-c2ccccc21. The quantitative estimate of drug-likeness (QED) is 0.852. The van der Waals surface area contributed by atoms with Gasteiger partial charge in [-0.15, -0.1) is 0 Å². The first-order valence-corrected chi connectivity index (χ1v) is 9.63. The van der Waals surface area contributed by atoms with Crippen molar-refractivity contribution >= 4 is 12.1 Å². The highest BCUT2D eigenvalue weighted by atomic mass is 16.6. The van der Waals surface area contributed by atoms with Crippen LogP contribution in [-0.2, 0) is 14.3 Å². The second-order valence-corrected chi connectivity index (χ2v) is 7.65. The number of rotatable bonds is 4. The molecule has 0 spiro atoms. The van der Waals surface area contributed by atoms with Crippen LogP contribution in [0.25, 0.3) is 11.1 Å². The Hall–Kier alpha value is -2.86. The van der Waals surface area contributed by atoms with Gasteiger partial charge >= 0.3 is 12.1 Å². The number of ether oxygens (including phenoxy) is 2. The Balaban J connectivity index is 1.29. The van der Waals surface area contributed by atoms with Crippen LogP contribution < -0.4 is 5.32 Å². The predicted octanol–water partition coefficient (Wildman–Crippen LogP) is 3.16. The van der Waals surface area contributed by atoms with Gasteiger partial charge in [0.15, 0.2) is 0 Å². The van der Waals surface area contributed by atoms with Gasteiger partial charge in [0, 0.05) is 5.92 Å². The van der Waals surface area contributed by atoms with E-state index in [9.17, 15) is 14.7 Å². The molecule has 28 heavy (non-hydrogen) atoms. The second-order valence-electron chi connectivity index (χ2n) is 7.65. The summed E-state index contributed by atoms with van der Waals surface area (Å²) in [6.07, 6.45) is 0.343. The molecular weight excluding hydrogens is 358 g/mol. The first-order chi connectivity index (χ1) is 13.6. The topological polar surface area (TPSA) is 84.9 Å². The molecule has 2 aromatic rings. The van der Waals surface area contributed by atoms with Crippen LogP contribution in [-0.4, -0.2) is 42.0 Å². The lowest BCUT2D eigenvalue weighted by Crippen LogP contribution is -2.49. The Labute approximate surface area is 162 Å². The molecule has 2 bridgehead atoms. The molecule has 0 unspecified atom stereocenters. The molecule has 5 rings (SSSR count). The molecule has 0 aromatic heterocycles. The highest BCUT2D eigenvalue weighted by Crippen LogP contribution is 2.44. The summed E-state index contributed by atoms with van der Waals surface area (Å²) in [6.45, 7) is 0.208. The van der Waals surface area contributed by atoms with E-state index in [0.717, 1.165) is 24.0 Å². The summed E-state index contributed by atoms with van der Waals surface area (Å²) in [6, 6.07) is 15.7. The summed E-state index contributed by atoms with van der Waals surface area (Å²) in [7, 11) is 0. The second kappa shape index (κ2) is 6.63. The van der Waals surface area contributed by atoms with E-state index >= 15 is 0 Å². The van der Waals surface area contributed by atoms with Crippen molar-refractivity contribution in [3.63, 3.8) is 0 Å². The summed E-state index contributed by atoms with van der Waals surface area (Å²) < 4.78 is 11.2. The van der Waals surface area contributed by atoms with E-state index in [1.165, 1.54) is 11.1 Å². The molecule has 2 saturated heterocycles. The minimum atomic E-state index is -0.934. The molecule has 1 amide bonds. The zero-order chi connectivity index (χ0) is 19.3. The number of amides is 1. The van der Waals surface area contributed by atoms with Gasteiger partial charge in [-0.05, 0) is 35.1 Å². The van der Waals surface area contributed by atoms with Crippen LogP contribution in [0, 0.1) is 5.92 Å². The third-order valence-electron chi connectivity index (χ3n) is 6.19. The van der Waals surface area contributed by atoms with Gasteiger partial charge in [-0.3, -0.25) is 4.79 Å². The summed E-state index contributed by atoms with van der Waals surface area (Å²) in [5.74, 6) is -1.67. The monoisotopic (exact) mass is 379 g/mol. The predicted molar refractivity (Wildman–Crippen MR) is 101 cm³/mol. The van der Waals surface area contributed by atoms with Crippen LogP contribution in [0.15, 0.2) is 48.5 Å². The van der Waals surface area contributed by atoms with Crippen molar-refractivity contribution in [2.24, 2.45) is 5.92 Å². The Morgan fingerprint density at radius 3 is 2.25 bits per heavy atom. The number of nitrogens with one attached hydrogen (secondary N) is 1. The number of fused-ring (bicyclic) bond motifs is 5. The fourth-order valence-corrected chi connectivity index (χ4v) is 4.95. The number of carboxylic acids is 1. The molecule has 3 aliphatic rings. The number of carbonyl (C=O) groups excluding carboxylic acids is 1. The molecule has 0 radical (unpaired) electrons. The van der Waals surface area contributed by atoms with Gasteiger partial charge in [0.05, 0.1) is 18.2 Å². The minimum absolute atomic E-state index is 0.0234. The smallest absolute Gasteiger partial charge is 0.407 e. The van der Waals surface area contributed by atoms with E-state index in [4.69, 9.17) is 9.47 Å². The first kappa shape index (κ1) is 17.3. The van der Waals surface area contributed by atoms with Crippen molar-refractivity contribution < 1.29 is 24.2 Å². The van der Waals surface area contributed by atoms with Crippen molar-refractivity contribution in [1.29, 1.82) is 0 Å². The van der Waals surface area contributed by atoms with Crippen LogP contribution in [0.2, 0.25) is 0 Å². The summed E-state index contributed by atoms with van der Waals surface area (Å²) in [4.78, 5) is 24.0. The molecule has 2 N–H and O–H groups in total. The van der Waals surface area contributed by atoms with Gasteiger partial charge in [-0.2, -0.15) is 0 Å². The Bertz CT molecular complexity index is 897. The van der Waals surface area contributed by atoms with Crippen molar-refractivity contribution in [3.8, 4) is 11.1 Å². The molecule has 2 aromatic carbocycles. The maximum absolute atomic E-state index is 12.4. The number of hydrogen-bond acceptors (Lipinski definition) is 4. The average molecular weight is 379 g/mol. The highest BCUT2D eigenvalue weighted by Gasteiger charge is 2.53. The van der Waals surface area contributed by atoms with Crippen molar-refractivity contribution in [2.45, 2.75) is 37.0 Å². The molecule has 0 saturated carbocycles. The molecule has 4 atom stereocenters. The van der Waals surface area contributed by atoms with Gasteiger partial charge in [-0.1, -0.05) is 48.5 Å². The van der Waals surface area contributed by atoms with Crippen LogP contribution >= 0.6 is 0 Å². The maximum atomic E-state index is 12.4. The molecule has 2 aliphatic heterocycles. The van der Waals surface area contributed by atoms with E-state index in [1.54, 1.807) is 0 Å². The van der Waals surface area contributed by atoms with Gasteiger partial charge in [0.2, 0.25) is 0 Å². The van der Waals surface area contributed by atoms with Gasteiger partial charge in [-0.25, -0.2) is 4.79 Å². The van der Waals surface area contributed by atoms with E-state index in [1.807, 2.05) is 24.3 Å². The zero-order valence-corrected chi connectivity index (χ0v) is 15.2. The first-order valence-electron chi connectivity index (χ1n) is 9.63. The maximum Gasteiger partial charge on any atom is 0.407 e. The van der Waals surface area contributed by atoms with Crippen molar-refractivity contribution in [3.05, 3.63) is 59.7 Å². The van der Waals surface area contributed by atoms with Crippen LogP contribution in [0.5, 0.6) is 0 Å². The molecule has 2 fully saturated rings. The van der Waals surface area contributed by atoms with Gasteiger partial charge < -0.3 is 19.9 Å². The van der Waals surface area contributed by atoms with E-state index < -0.39 is 24.0 Å². The Kier molecular flexibility index (Phi) is 4.09. The number of alkyl carbamates (subject to hydrolysis) is 1. The summed E-state index contributed by atoms with van der Waals surface area (Å²) >= 11 is 0. The van der Waals surface area contributed by atoms with Crippen molar-refractivity contribution in [2.75, 3.05) is 6.61 Å². The molecule has 144 valence electrons. The van der Waals surface area contributed by atoms with E-state index in [2.05, 4.69) is 29.6 Å². The van der Waals surface area contributed by atoms with Crippen LogP contribution in [0.1, 0.15) is 29.9 Å². The third-order valence-corrected chi connectivity index (χ3v) is 6.19. The fraction of sp³-hybridized carbons (Fsp3) is 0.364. The molecule has 6 heteroatoms. The van der Waals surface area contributed by atoms with E-state index in [0.29, 0.717) is 0 Å². The lowest BCUT2D eigenvalue weighted by Gasteiger charge is -2.25. The largest absolute Gasteiger partial charge is 0.481 e. The lowest BCUT2D eigenvalue weighted by atomic mass is 9.84. The molecular formula is C22H21NO5. The minimum Gasteiger partial charge on any atom is -0.481 e. The number of aliphatic carboxylic acids is 1. The number of carboxylic acid groups (broad SMARTS) is 1. The molecule has 6 nitrogen and oxygen atoms in total. The summed E-state index contributed by atoms with van der Waals surface area (Å²) in [5, 5.41) is 12.2. The lowest BCUT2D eigenvalue weighted by molar-refractivity contribution is -0.144. The number of hydrogen-bond donors (Lipinski definition) is 2. The molecule has 2 heterocycles. The molecule has 1 aliphatic carbocycles. The Morgan fingerprint density at radius 1 is 1.00 bits per heavy atom. The third kappa shape index (κ3) is 2.67.